The number of halogens is 3. The second-order valence-corrected chi connectivity index (χ2v) is 5.95. The molecule has 8 heteroatoms. The molecule has 4 nitrogen and oxygen atoms in total. The van der Waals surface area contributed by atoms with E-state index in [0.717, 1.165) is 6.07 Å². The second-order valence-electron chi connectivity index (χ2n) is 5.52. The van der Waals surface area contributed by atoms with Gasteiger partial charge in [0, 0.05) is 12.1 Å². The van der Waals surface area contributed by atoms with E-state index in [9.17, 15) is 13.2 Å². The molecule has 0 aliphatic rings. The van der Waals surface area contributed by atoms with Crippen LogP contribution in [0.2, 0.25) is 0 Å². The number of aromatic nitrogens is 1. The predicted molar refractivity (Wildman–Crippen MR) is 81.4 cm³/mol. The Hall–Kier alpha value is -1.41. The molecule has 0 saturated heterocycles. The lowest BCUT2D eigenvalue weighted by atomic mass is 10.0. The fourth-order valence-corrected chi connectivity index (χ4v) is 1.57. The Morgan fingerprint density at radius 3 is 2.33 bits per heavy atom. The van der Waals surface area contributed by atoms with Gasteiger partial charge in [0.25, 0.3) is 0 Å². The summed E-state index contributed by atoms with van der Waals surface area (Å²) in [6.45, 7) is 4.30. The highest BCUT2D eigenvalue weighted by Crippen LogP contribution is 2.29. The van der Waals surface area contributed by atoms with E-state index in [-0.39, 0.29) is 16.3 Å². The van der Waals surface area contributed by atoms with Crippen molar-refractivity contribution in [3.8, 4) is 0 Å². The SMILES string of the molecule is CN(C)C(C)(C)CNc1nc(C(F)(F)F)ccc1C(N)=S. The lowest BCUT2D eigenvalue weighted by Crippen LogP contribution is -2.44. The van der Waals surface area contributed by atoms with Gasteiger partial charge in [-0.1, -0.05) is 12.2 Å². The molecule has 0 amide bonds. The minimum Gasteiger partial charge on any atom is -0.389 e. The first kappa shape index (κ1) is 17.6. The van der Waals surface area contributed by atoms with Crippen molar-refractivity contribution in [2.45, 2.75) is 25.6 Å². The number of alkyl halides is 3. The lowest BCUT2D eigenvalue weighted by molar-refractivity contribution is -0.141. The number of pyridine rings is 1. The molecule has 0 unspecified atom stereocenters. The van der Waals surface area contributed by atoms with Crippen molar-refractivity contribution in [1.29, 1.82) is 0 Å². The molecule has 1 aromatic rings. The van der Waals surface area contributed by atoms with E-state index in [2.05, 4.69) is 10.3 Å². The van der Waals surface area contributed by atoms with Crippen molar-refractivity contribution >= 4 is 23.0 Å². The molecule has 0 spiro atoms. The lowest BCUT2D eigenvalue weighted by Gasteiger charge is -2.33. The summed E-state index contributed by atoms with van der Waals surface area (Å²) in [4.78, 5) is 5.56. The number of nitrogens with one attached hydrogen (secondary N) is 1. The predicted octanol–water partition coefficient (Wildman–Crippen LogP) is 2.49. The third-order valence-corrected chi connectivity index (χ3v) is 3.57. The maximum absolute atomic E-state index is 12.7. The normalized spacial score (nSPS) is 12.6. The molecule has 1 rings (SSSR count). The molecule has 3 N–H and O–H groups in total. The molecule has 0 aromatic carbocycles. The van der Waals surface area contributed by atoms with Crippen LogP contribution in [0.3, 0.4) is 0 Å². The number of rotatable bonds is 5. The van der Waals surface area contributed by atoms with Crippen molar-refractivity contribution in [3.05, 3.63) is 23.4 Å². The van der Waals surface area contributed by atoms with Gasteiger partial charge in [-0.15, -0.1) is 0 Å². The molecule has 118 valence electrons. The van der Waals surface area contributed by atoms with Gasteiger partial charge in [0.1, 0.15) is 16.5 Å². The second kappa shape index (κ2) is 6.15. The van der Waals surface area contributed by atoms with Crippen LogP contribution in [0.15, 0.2) is 12.1 Å². The Morgan fingerprint density at radius 1 is 1.33 bits per heavy atom. The third-order valence-electron chi connectivity index (χ3n) is 3.35. The Labute approximate surface area is 127 Å². The van der Waals surface area contributed by atoms with Crippen LogP contribution < -0.4 is 11.1 Å². The summed E-state index contributed by atoms with van der Waals surface area (Å²) in [5.41, 5.74) is 4.58. The Morgan fingerprint density at radius 2 is 1.90 bits per heavy atom. The summed E-state index contributed by atoms with van der Waals surface area (Å²) in [5, 5.41) is 2.91. The molecular formula is C13H19F3N4S. The summed E-state index contributed by atoms with van der Waals surface area (Å²) in [6, 6.07) is 2.11. The molecule has 0 bridgehead atoms. The molecule has 21 heavy (non-hydrogen) atoms. The standard InChI is InChI=1S/C13H19F3N4S/c1-12(2,20(3)4)7-18-11-8(10(17)21)5-6-9(19-11)13(14,15)16/h5-6H,7H2,1-4H3,(H2,17,21)(H,18,19). The molecule has 0 aliphatic heterocycles. The number of hydrogen-bond acceptors (Lipinski definition) is 4. The van der Waals surface area contributed by atoms with E-state index in [1.807, 2.05) is 32.8 Å². The maximum atomic E-state index is 12.7. The smallest absolute Gasteiger partial charge is 0.389 e. The molecule has 0 radical (unpaired) electrons. The van der Waals surface area contributed by atoms with Crippen molar-refractivity contribution in [3.63, 3.8) is 0 Å². The number of nitrogens with zero attached hydrogens (tertiary/aromatic N) is 2. The van der Waals surface area contributed by atoms with E-state index in [1.165, 1.54) is 6.07 Å². The minimum absolute atomic E-state index is 0.00128. The zero-order chi connectivity index (χ0) is 16.4. The van der Waals surface area contributed by atoms with Gasteiger partial charge >= 0.3 is 6.18 Å². The van der Waals surface area contributed by atoms with Crippen LogP contribution in [0.25, 0.3) is 0 Å². The molecule has 1 aromatic heterocycles. The van der Waals surface area contributed by atoms with Crippen molar-refractivity contribution in [1.82, 2.24) is 9.88 Å². The van der Waals surface area contributed by atoms with Crippen LogP contribution >= 0.6 is 12.2 Å². The monoisotopic (exact) mass is 320 g/mol. The fraction of sp³-hybridized carbons (Fsp3) is 0.538. The molecule has 0 fully saturated rings. The Balaban J connectivity index is 3.11. The van der Waals surface area contributed by atoms with E-state index in [4.69, 9.17) is 18.0 Å². The van der Waals surface area contributed by atoms with Gasteiger partial charge in [-0.05, 0) is 40.1 Å². The van der Waals surface area contributed by atoms with Crippen LogP contribution in [-0.4, -0.2) is 41.1 Å². The fourth-order valence-electron chi connectivity index (χ4n) is 1.41. The number of likely N-dealkylation sites (N-methyl/N-ethyl adjacent to an activating group) is 1. The topological polar surface area (TPSA) is 54.2 Å². The first-order valence-corrected chi connectivity index (χ1v) is 6.65. The van der Waals surface area contributed by atoms with Crippen molar-refractivity contribution in [2.75, 3.05) is 26.0 Å². The summed E-state index contributed by atoms with van der Waals surface area (Å²) >= 11 is 4.85. The average molecular weight is 320 g/mol. The van der Waals surface area contributed by atoms with Gasteiger partial charge in [0.2, 0.25) is 0 Å². The van der Waals surface area contributed by atoms with E-state index in [1.54, 1.807) is 0 Å². The average Bonchev–Trinajstić information content (AvgIpc) is 2.34. The Bertz CT molecular complexity index is 527. The summed E-state index contributed by atoms with van der Waals surface area (Å²) in [5.74, 6) is 0.0484. The van der Waals surface area contributed by atoms with Crippen molar-refractivity contribution in [2.24, 2.45) is 5.73 Å². The highest BCUT2D eigenvalue weighted by atomic mass is 32.1. The first-order valence-electron chi connectivity index (χ1n) is 6.24. The van der Waals surface area contributed by atoms with Gasteiger partial charge in [0.15, 0.2) is 0 Å². The highest BCUT2D eigenvalue weighted by molar-refractivity contribution is 7.80. The number of hydrogen-bond donors (Lipinski definition) is 2. The van der Waals surface area contributed by atoms with Gasteiger partial charge in [0.05, 0.1) is 5.56 Å². The zero-order valence-electron chi connectivity index (χ0n) is 12.4. The van der Waals surface area contributed by atoms with Gasteiger partial charge in [-0.25, -0.2) is 4.98 Å². The molecule has 0 atom stereocenters. The van der Waals surface area contributed by atoms with Crippen LogP contribution in [-0.2, 0) is 6.18 Å². The van der Waals surface area contributed by atoms with Crippen molar-refractivity contribution < 1.29 is 13.2 Å². The summed E-state index contributed by atoms with van der Waals surface area (Å²) in [7, 11) is 3.77. The molecular weight excluding hydrogens is 301 g/mol. The Kier molecular flexibility index (Phi) is 5.16. The molecule has 0 aliphatic carbocycles. The van der Waals surface area contributed by atoms with E-state index >= 15 is 0 Å². The number of anilines is 1. The highest BCUT2D eigenvalue weighted by Gasteiger charge is 2.33. The number of nitrogens with two attached hydrogens (primary N) is 1. The van der Waals surface area contributed by atoms with E-state index < -0.39 is 11.9 Å². The first-order chi connectivity index (χ1) is 9.45. The minimum atomic E-state index is -4.51. The van der Waals surface area contributed by atoms with Crippen LogP contribution in [0.4, 0.5) is 19.0 Å². The van der Waals surface area contributed by atoms with Crippen LogP contribution in [0, 0.1) is 0 Å². The van der Waals surface area contributed by atoms with Gasteiger partial charge < -0.3 is 16.0 Å². The quantitative estimate of drug-likeness (QED) is 0.817. The number of thiocarbonyl (C=S) groups is 1. The summed E-state index contributed by atoms with van der Waals surface area (Å²) in [6.07, 6.45) is -4.51. The van der Waals surface area contributed by atoms with Crippen LogP contribution in [0.5, 0.6) is 0 Å². The van der Waals surface area contributed by atoms with E-state index in [0.29, 0.717) is 12.1 Å². The summed E-state index contributed by atoms with van der Waals surface area (Å²) < 4.78 is 38.2. The van der Waals surface area contributed by atoms with Crippen LogP contribution in [0.1, 0.15) is 25.1 Å². The maximum Gasteiger partial charge on any atom is 0.433 e. The molecule has 0 saturated carbocycles. The molecule has 1 heterocycles. The van der Waals surface area contributed by atoms with Gasteiger partial charge in [-0.3, -0.25) is 0 Å². The third kappa shape index (κ3) is 4.53. The largest absolute Gasteiger partial charge is 0.433 e. The van der Waals surface area contributed by atoms with Gasteiger partial charge in [-0.2, -0.15) is 13.2 Å². The zero-order valence-corrected chi connectivity index (χ0v) is 13.2.